The Kier molecular flexibility index (Phi) is 4.33. The molecule has 1 aromatic heterocycles. The van der Waals surface area contributed by atoms with Crippen LogP contribution in [0.4, 0.5) is 5.95 Å². The zero-order valence-electron chi connectivity index (χ0n) is 13.9. The molecule has 5 heteroatoms. The van der Waals surface area contributed by atoms with E-state index in [1.165, 1.54) is 0 Å². The summed E-state index contributed by atoms with van der Waals surface area (Å²) in [5, 5.41) is 0. The second-order valence-electron chi connectivity index (χ2n) is 5.43. The first-order chi connectivity index (χ1) is 11.6. The highest BCUT2D eigenvalue weighted by Crippen LogP contribution is 2.34. The summed E-state index contributed by atoms with van der Waals surface area (Å²) in [7, 11) is 3.23. The van der Waals surface area contributed by atoms with Gasteiger partial charge in [0.1, 0.15) is 11.5 Å². The third kappa shape index (κ3) is 3.15. The molecule has 0 unspecified atom stereocenters. The van der Waals surface area contributed by atoms with Gasteiger partial charge >= 0.3 is 0 Å². The van der Waals surface area contributed by atoms with E-state index in [4.69, 9.17) is 15.2 Å². The smallest absolute Gasteiger partial charge is 0.221 e. The Labute approximate surface area is 141 Å². The minimum Gasteiger partial charge on any atom is -0.497 e. The maximum absolute atomic E-state index is 5.93. The first-order valence-corrected chi connectivity index (χ1v) is 7.54. The van der Waals surface area contributed by atoms with Crippen LogP contribution in [-0.4, -0.2) is 24.2 Å². The Morgan fingerprint density at radius 2 is 1.67 bits per heavy atom. The van der Waals surface area contributed by atoms with E-state index >= 15 is 0 Å². The molecule has 0 amide bonds. The highest BCUT2D eigenvalue weighted by molar-refractivity contribution is 5.74. The van der Waals surface area contributed by atoms with E-state index in [1.807, 2.05) is 49.4 Å². The molecule has 0 aliphatic rings. The molecule has 0 fully saturated rings. The van der Waals surface area contributed by atoms with E-state index in [0.717, 1.165) is 28.1 Å². The van der Waals surface area contributed by atoms with Crippen molar-refractivity contribution >= 4 is 5.95 Å². The van der Waals surface area contributed by atoms with Crippen LogP contribution < -0.4 is 15.2 Å². The van der Waals surface area contributed by atoms with Crippen LogP contribution in [0.3, 0.4) is 0 Å². The summed E-state index contributed by atoms with van der Waals surface area (Å²) in [5.41, 5.74) is 10.4. The van der Waals surface area contributed by atoms with Crippen molar-refractivity contribution in [3.63, 3.8) is 0 Å². The lowest BCUT2D eigenvalue weighted by Gasteiger charge is -2.11. The lowest BCUT2D eigenvalue weighted by molar-refractivity contribution is 0.395. The molecule has 5 nitrogen and oxygen atoms in total. The molecule has 3 aromatic rings. The number of nitrogen functional groups attached to an aromatic ring is 1. The number of benzene rings is 2. The Hall–Kier alpha value is -3.08. The van der Waals surface area contributed by atoms with Gasteiger partial charge in [0.15, 0.2) is 0 Å². The molecule has 2 N–H and O–H groups in total. The van der Waals surface area contributed by atoms with Crippen molar-refractivity contribution in [1.82, 2.24) is 9.97 Å². The molecule has 0 aliphatic carbocycles. The van der Waals surface area contributed by atoms with Crippen LogP contribution in [0.2, 0.25) is 0 Å². The van der Waals surface area contributed by atoms with Crippen LogP contribution in [-0.2, 0) is 0 Å². The van der Waals surface area contributed by atoms with Crippen LogP contribution in [0.5, 0.6) is 11.5 Å². The van der Waals surface area contributed by atoms with Crippen molar-refractivity contribution < 1.29 is 9.47 Å². The van der Waals surface area contributed by atoms with Crippen LogP contribution in [0.15, 0.2) is 48.5 Å². The fraction of sp³-hybridized carbons (Fsp3) is 0.158. The summed E-state index contributed by atoms with van der Waals surface area (Å²) in [5.74, 6) is 1.61. The molecule has 0 bridgehead atoms. The predicted molar refractivity (Wildman–Crippen MR) is 95.2 cm³/mol. The molecule has 0 aliphatic heterocycles. The average molecular weight is 321 g/mol. The van der Waals surface area contributed by atoms with E-state index in [-0.39, 0.29) is 5.95 Å². The number of hydrogen-bond acceptors (Lipinski definition) is 5. The normalized spacial score (nSPS) is 10.5. The molecule has 0 saturated carbocycles. The number of aromatic nitrogens is 2. The largest absolute Gasteiger partial charge is 0.497 e. The van der Waals surface area contributed by atoms with Gasteiger partial charge in [-0.3, -0.25) is 0 Å². The van der Waals surface area contributed by atoms with Crippen LogP contribution >= 0.6 is 0 Å². The van der Waals surface area contributed by atoms with Gasteiger partial charge in [-0.05, 0) is 31.2 Å². The summed E-state index contributed by atoms with van der Waals surface area (Å²) in [4.78, 5) is 8.72. The number of hydrogen-bond donors (Lipinski definition) is 1. The zero-order chi connectivity index (χ0) is 17.1. The predicted octanol–water partition coefficient (Wildman–Crippen LogP) is 3.72. The molecule has 24 heavy (non-hydrogen) atoms. The molecule has 0 saturated heterocycles. The minimum atomic E-state index is 0.224. The molecule has 0 radical (unpaired) electrons. The number of anilines is 1. The van der Waals surface area contributed by atoms with E-state index < -0.39 is 0 Å². The van der Waals surface area contributed by atoms with E-state index in [9.17, 15) is 0 Å². The van der Waals surface area contributed by atoms with Crippen molar-refractivity contribution in [2.24, 2.45) is 0 Å². The quantitative estimate of drug-likeness (QED) is 0.793. The van der Waals surface area contributed by atoms with Crippen LogP contribution in [0, 0.1) is 6.92 Å². The number of rotatable bonds is 4. The summed E-state index contributed by atoms with van der Waals surface area (Å²) in [6.07, 6.45) is 0. The number of ether oxygens (including phenoxy) is 2. The van der Waals surface area contributed by atoms with Gasteiger partial charge in [0, 0.05) is 17.2 Å². The Morgan fingerprint density at radius 3 is 2.38 bits per heavy atom. The maximum Gasteiger partial charge on any atom is 0.221 e. The second kappa shape index (κ2) is 6.58. The Morgan fingerprint density at radius 1 is 0.875 bits per heavy atom. The third-order valence-corrected chi connectivity index (χ3v) is 3.74. The van der Waals surface area contributed by atoms with Crippen LogP contribution in [0.1, 0.15) is 5.56 Å². The number of aryl methyl sites for hydroxylation is 1. The van der Waals surface area contributed by atoms with Gasteiger partial charge in [-0.15, -0.1) is 0 Å². The summed E-state index contributed by atoms with van der Waals surface area (Å²) in [6, 6.07) is 15.6. The number of methoxy groups -OCH3 is 2. The Bertz CT molecular complexity index is 878. The first-order valence-electron chi connectivity index (χ1n) is 7.54. The maximum atomic E-state index is 5.93. The number of nitrogens with two attached hydrogens (primary N) is 1. The van der Waals surface area contributed by atoms with Gasteiger partial charge in [-0.1, -0.05) is 23.8 Å². The molecule has 0 spiro atoms. The molecule has 2 aromatic carbocycles. The van der Waals surface area contributed by atoms with Crippen molar-refractivity contribution in [3.8, 4) is 34.0 Å². The van der Waals surface area contributed by atoms with Gasteiger partial charge < -0.3 is 15.2 Å². The van der Waals surface area contributed by atoms with Gasteiger partial charge in [-0.25, -0.2) is 9.97 Å². The first kappa shape index (κ1) is 15.8. The summed E-state index contributed by atoms with van der Waals surface area (Å²) < 4.78 is 10.7. The van der Waals surface area contributed by atoms with Crippen molar-refractivity contribution in [2.75, 3.05) is 20.0 Å². The van der Waals surface area contributed by atoms with Crippen molar-refractivity contribution in [1.29, 1.82) is 0 Å². The van der Waals surface area contributed by atoms with E-state index in [1.54, 1.807) is 14.2 Å². The third-order valence-electron chi connectivity index (χ3n) is 3.74. The monoisotopic (exact) mass is 321 g/mol. The fourth-order valence-electron chi connectivity index (χ4n) is 2.57. The summed E-state index contributed by atoms with van der Waals surface area (Å²) >= 11 is 0. The lowest BCUT2D eigenvalue weighted by atomic mass is 10.1. The topological polar surface area (TPSA) is 70.3 Å². The molecule has 0 atom stereocenters. The molecular weight excluding hydrogens is 302 g/mol. The van der Waals surface area contributed by atoms with E-state index in [0.29, 0.717) is 11.4 Å². The fourth-order valence-corrected chi connectivity index (χ4v) is 2.57. The summed E-state index contributed by atoms with van der Waals surface area (Å²) in [6.45, 7) is 2.04. The standard InChI is InChI=1S/C19H19N3O2/c1-12-5-4-6-13(9-12)16-11-17(22-19(20)21-16)15-8-7-14(23-2)10-18(15)24-3/h4-11H,1-3H3,(H2,20,21,22). The van der Waals surface area contributed by atoms with Crippen molar-refractivity contribution in [3.05, 3.63) is 54.1 Å². The molecule has 122 valence electrons. The highest BCUT2D eigenvalue weighted by atomic mass is 16.5. The SMILES string of the molecule is COc1ccc(-c2cc(-c3cccc(C)c3)nc(N)n2)c(OC)c1. The second-order valence-corrected chi connectivity index (χ2v) is 5.43. The minimum absolute atomic E-state index is 0.224. The molecule has 3 rings (SSSR count). The average Bonchev–Trinajstić information content (AvgIpc) is 2.60. The van der Waals surface area contributed by atoms with Crippen LogP contribution in [0.25, 0.3) is 22.5 Å². The highest BCUT2D eigenvalue weighted by Gasteiger charge is 2.12. The molecule has 1 heterocycles. The molecular formula is C19H19N3O2. The van der Waals surface area contributed by atoms with Gasteiger partial charge in [0.25, 0.3) is 0 Å². The van der Waals surface area contributed by atoms with Gasteiger partial charge in [0.2, 0.25) is 5.95 Å². The zero-order valence-corrected chi connectivity index (χ0v) is 13.9. The van der Waals surface area contributed by atoms with Gasteiger partial charge in [-0.2, -0.15) is 0 Å². The van der Waals surface area contributed by atoms with Crippen molar-refractivity contribution in [2.45, 2.75) is 6.92 Å². The number of nitrogens with zero attached hydrogens (tertiary/aromatic N) is 2. The lowest BCUT2D eigenvalue weighted by Crippen LogP contribution is -2.00. The Balaban J connectivity index is 2.13. The van der Waals surface area contributed by atoms with Gasteiger partial charge in [0.05, 0.1) is 25.6 Å². The van der Waals surface area contributed by atoms with E-state index in [2.05, 4.69) is 16.0 Å².